The smallest absolute Gasteiger partial charge is 0.248 e. The first-order valence-corrected chi connectivity index (χ1v) is 6.55. The monoisotopic (exact) mass is 292 g/mol. The first-order valence-electron chi connectivity index (χ1n) is 6.18. The molecule has 1 spiro atoms. The summed E-state index contributed by atoms with van der Waals surface area (Å²) in [5.74, 6) is -0.934. The number of halogens is 1. The summed E-state index contributed by atoms with van der Waals surface area (Å²) in [5, 5.41) is 2.51. The fraction of sp³-hybridized carbons (Fsp3) is 0.308. The van der Waals surface area contributed by atoms with Crippen molar-refractivity contribution >= 4 is 35.0 Å². The first kappa shape index (κ1) is 11.7. The minimum absolute atomic E-state index is 0.197. The summed E-state index contributed by atoms with van der Waals surface area (Å²) >= 11 is 6.21. The largest absolute Gasteiger partial charge is 0.490 e. The van der Waals surface area contributed by atoms with Crippen molar-refractivity contribution in [2.75, 3.05) is 18.1 Å². The number of amides is 3. The summed E-state index contributed by atoms with van der Waals surface area (Å²) in [5.41, 5.74) is -0.601. The number of hydrogen-bond donors (Lipinski definition) is 1. The summed E-state index contributed by atoms with van der Waals surface area (Å²) in [4.78, 5) is 38.1. The minimum atomic E-state index is -1.52. The zero-order valence-corrected chi connectivity index (χ0v) is 11.0. The van der Waals surface area contributed by atoms with Crippen LogP contribution in [0, 0.1) is 0 Å². The number of fused-ring (bicyclic) bond motifs is 1. The molecular formula is C13H9ClN2O4. The summed E-state index contributed by atoms with van der Waals surface area (Å²) in [6.07, 6.45) is -0.197. The summed E-state index contributed by atoms with van der Waals surface area (Å²) in [6.45, 7) is 0.702. The number of carbonyl (C=O) groups is 3. The SMILES string of the molecule is O=C1CC2(C(=O)N1)C(=O)N1CCOc3ccc(Cl)c2c31. The van der Waals surface area contributed by atoms with Crippen LogP contribution in [0.1, 0.15) is 12.0 Å². The van der Waals surface area contributed by atoms with Crippen LogP contribution in [-0.4, -0.2) is 30.9 Å². The van der Waals surface area contributed by atoms with Crippen LogP contribution >= 0.6 is 11.6 Å². The van der Waals surface area contributed by atoms with Crippen molar-refractivity contribution < 1.29 is 19.1 Å². The van der Waals surface area contributed by atoms with Gasteiger partial charge in [0.15, 0.2) is 5.41 Å². The summed E-state index contributed by atoms with van der Waals surface area (Å²) < 4.78 is 5.51. The average molecular weight is 293 g/mol. The molecule has 6 nitrogen and oxygen atoms in total. The molecule has 1 atom stereocenters. The molecule has 20 heavy (non-hydrogen) atoms. The van der Waals surface area contributed by atoms with Gasteiger partial charge in [-0.15, -0.1) is 0 Å². The third-order valence-electron chi connectivity index (χ3n) is 4.04. The maximum absolute atomic E-state index is 12.7. The van der Waals surface area contributed by atoms with Gasteiger partial charge in [0, 0.05) is 10.6 Å². The second kappa shape index (κ2) is 3.52. The van der Waals surface area contributed by atoms with Crippen LogP contribution in [0.15, 0.2) is 12.1 Å². The van der Waals surface area contributed by atoms with Crippen molar-refractivity contribution in [3.8, 4) is 5.75 Å². The number of hydrogen-bond acceptors (Lipinski definition) is 4. The molecule has 1 N–H and O–H groups in total. The van der Waals surface area contributed by atoms with Crippen molar-refractivity contribution in [3.05, 3.63) is 22.7 Å². The van der Waals surface area contributed by atoms with E-state index in [1.165, 1.54) is 4.90 Å². The Hall–Kier alpha value is -2.08. The van der Waals surface area contributed by atoms with E-state index >= 15 is 0 Å². The zero-order chi connectivity index (χ0) is 14.1. The number of anilines is 1. The van der Waals surface area contributed by atoms with Crippen LogP contribution in [-0.2, 0) is 19.8 Å². The molecule has 0 saturated carbocycles. The number of imide groups is 1. The van der Waals surface area contributed by atoms with Crippen molar-refractivity contribution in [1.29, 1.82) is 0 Å². The molecule has 4 rings (SSSR count). The zero-order valence-electron chi connectivity index (χ0n) is 10.2. The second-order valence-corrected chi connectivity index (χ2v) is 5.44. The fourth-order valence-corrected chi connectivity index (χ4v) is 3.52. The molecule has 7 heteroatoms. The predicted octanol–water partition coefficient (Wildman–Crippen LogP) is 0.363. The molecule has 0 aliphatic carbocycles. The molecule has 0 radical (unpaired) electrons. The highest BCUT2D eigenvalue weighted by molar-refractivity contribution is 6.37. The van der Waals surface area contributed by atoms with Crippen LogP contribution in [0.25, 0.3) is 0 Å². The van der Waals surface area contributed by atoms with Crippen molar-refractivity contribution in [1.82, 2.24) is 5.32 Å². The maximum Gasteiger partial charge on any atom is 0.248 e. The van der Waals surface area contributed by atoms with Crippen LogP contribution in [0.2, 0.25) is 5.02 Å². The van der Waals surface area contributed by atoms with Crippen molar-refractivity contribution in [2.45, 2.75) is 11.8 Å². The number of nitrogens with one attached hydrogen (secondary N) is 1. The van der Waals surface area contributed by atoms with E-state index in [1.54, 1.807) is 12.1 Å². The molecule has 3 aliphatic rings. The number of nitrogens with zero attached hydrogens (tertiary/aromatic N) is 1. The van der Waals surface area contributed by atoms with Gasteiger partial charge in [-0.3, -0.25) is 19.7 Å². The molecule has 102 valence electrons. The number of carbonyl (C=O) groups excluding carboxylic acids is 3. The normalized spacial score (nSPS) is 26.9. The quantitative estimate of drug-likeness (QED) is 0.553. The van der Waals surface area contributed by atoms with Gasteiger partial charge in [-0.1, -0.05) is 11.6 Å². The summed E-state index contributed by atoms with van der Waals surface area (Å²) in [6, 6.07) is 3.27. The van der Waals surface area contributed by atoms with Gasteiger partial charge in [-0.05, 0) is 12.1 Å². The fourth-order valence-electron chi connectivity index (χ4n) is 3.21. The van der Waals surface area contributed by atoms with Gasteiger partial charge in [-0.2, -0.15) is 0 Å². The van der Waals surface area contributed by atoms with Crippen molar-refractivity contribution in [2.24, 2.45) is 0 Å². The van der Waals surface area contributed by atoms with E-state index in [0.717, 1.165) is 0 Å². The third kappa shape index (κ3) is 1.13. The predicted molar refractivity (Wildman–Crippen MR) is 68.7 cm³/mol. The lowest BCUT2D eigenvalue weighted by Gasteiger charge is -2.25. The lowest BCUT2D eigenvalue weighted by Crippen LogP contribution is -2.47. The standard InChI is InChI=1S/C13H9ClN2O4/c14-6-1-2-7-10-9(6)13(5-8(17)15-11(13)18)12(19)16(10)3-4-20-7/h1-2H,3-5H2,(H,15,17,18). The topological polar surface area (TPSA) is 75.7 Å². The third-order valence-corrected chi connectivity index (χ3v) is 4.35. The average Bonchev–Trinajstić information content (AvgIpc) is 2.85. The molecule has 3 amide bonds. The second-order valence-electron chi connectivity index (χ2n) is 5.03. The number of rotatable bonds is 0. The molecule has 1 saturated heterocycles. The van der Waals surface area contributed by atoms with E-state index in [1.807, 2.05) is 0 Å². The lowest BCUT2D eigenvalue weighted by molar-refractivity contribution is -0.133. The molecule has 0 aromatic heterocycles. The van der Waals surface area contributed by atoms with Crippen LogP contribution in [0.4, 0.5) is 5.69 Å². The van der Waals surface area contributed by atoms with Gasteiger partial charge >= 0.3 is 0 Å². The van der Waals surface area contributed by atoms with Gasteiger partial charge in [0.2, 0.25) is 17.7 Å². The Bertz CT molecular complexity index is 702. The molecule has 1 unspecified atom stereocenters. The molecule has 0 bridgehead atoms. The Labute approximate surface area is 118 Å². The number of ether oxygens (including phenoxy) is 1. The Kier molecular flexibility index (Phi) is 2.06. The van der Waals surface area contributed by atoms with E-state index in [9.17, 15) is 14.4 Å². The van der Waals surface area contributed by atoms with Gasteiger partial charge in [0.1, 0.15) is 12.4 Å². The van der Waals surface area contributed by atoms with E-state index in [4.69, 9.17) is 16.3 Å². The van der Waals surface area contributed by atoms with Gasteiger partial charge in [0.25, 0.3) is 0 Å². The lowest BCUT2D eigenvalue weighted by atomic mass is 9.80. The molecule has 1 aromatic rings. The minimum Gasteiger partial charge on any atom is -0.490 e. The van der Waals surface area contributed by atoms with E-state index in [0.29, 0.717) is 35.2 Å². The van der Waals surface area contributed by atoms with Crippen LogP contribution in [0.3, 0.4) is 0 Å². The van der Waals surface area contributed by atoms with E-state index in [2.05, 4.69) is 5.32 Å². The Morgan fingerprint density at radius 3 is 2.80 bits per heavy atom. The Morgan fingerprint density at radius 1 is 1.30 bits per heavy atom. The van der Waals surface area contributed by atoms with E-state index in [-0.39, 0.29) is 6.42 Å². The van der Waals surface area contributed by atoms with Crippen molar-refractivity contribution in [3.63, 3.8) is 0 Å². The van der Waals surface area contributed by atoms with Crippen LogP contribution < -0.4 is 15.0 Å². The summed E-state index contributed by atoms with van der Waals surface area (Å²) in [7, 11) is 0. The highest BCUT2D eigenvalue weighted by Crippen LogP contribution is 2.54. The highest BCUT2D eigenvalue weighted by Gasteiger charge is 2.63. The van der Waals surface area contributed by atoms with E-state index < -0.39 is 23.1 Å². The molecule has 1 fully saturated rings. The van der Waals surface area contributed by atoms with Gasteiger partial charge < -0.3 is 9.64 Å². The molecule has 1 aromatic carbocycles. The highest BCUT2D eigenvalue weighted by atomic mass is 35.5. The first-order chi connectivity index (χ1) is 9.55. The Balaban J connectivity index is 2.07. The van der Waals surface area contributed by atoms with Crippen LogP contribution in [0.5, 0.6) is 5.75 Å². The van der Waals surface area contributed by atoms with Gasteiger partial charge in [0.05, 0.1) is 18.7 Å². The van der Waals surface area contributed by atoms with Gasteiger partial charge in [-0.25, -0.2) is 0 Å². The molecular weight excluding hydrogens is 284 g/mol. The number of benzene rings is 1. The Morgan fingerprint density at radius 2 is 2.10 bits per heavy atom. The maximum atomic E-state index is 12.7. The molecule has 3 heterocycles. The molecule has 3 aliphatic heterocycles.